The van der Waals surface area contributed by atoms with Crippen LogP contribution in [0.2, 0.25) is 0 Å². The molecule has 0 saturated carbocycles. The molecule has 0 radical (unpaired) electrons. The van der Waals surface area contributed by atoms with Gasteiger partial charge in [0, 0.05) is 23.3 Å². The maximum Gasteiger partial charge on any atom is 0.432 e. The van der Waals surface area contributed by atoms with E-state index in [1.54, 1.807) is 32.1 Å². The van der Waals surface area contributed by atoms with E-state index in [4.69, 9.17) is 0 Å². The van der Waals surface area contributed by atoms with Crippen molar-refractivity contribution in [3.05, 3.63) is 106 Å². The molecule has 0 aliphatic rings. The first-order valence-electron chi connectivity index (χ1n) is 10.1. The zero-order chi connectivity index (χ0) is 25.2. The lowest BCUT2D eigenvalue weighted by Crippen LogP contribution is -2.25. The van der Waals surface area contributed by atoms with Gasteiger partial charge in [0.2, 0.25) is 0 Å². The van der Waals surface area contributed by atoms with E-state index in [1.807, 2.05) is 0 Å². The fourth-order valence-corrected chi connectivity index (χ4v) is 3.35. The lowest BCUT2D eigenvalue weighted by atomic mass is 9.98. The van der Waals surface area contributed by atoms with Gasteiger partial charge in [0.15, 0.2) is 0 Å². The first-order chi connectivity index (χ1) is 16.0. The topological polar surface area (TPSA) is 9.23 Å². The summed E-state index contributed by atoms with van der Waals surface area (Å²) in [6.45, 7) is 4.62. The number of alkyl halides is 2. The van der Waals surface area contributed by atoms with Crippen LogP contribution in [0.15, 0.2) is 60.7 Å². The molecule has 0 aliphatic heterocycles. The molecule has 3 aromatic carbocycles. The van der Waals surface area contributed by atoms with E-state index in [0.717, 1.165) is 13.0 Å². The highest BCUT2D eigenvalue weighted by atomic mass is 19.3. The molecule has 0 fully saturated rings. The normalized spacial score (nSPS) is 12.5. The van der Waals surface area contributed by atoms with E-state index < -0.39 is 52.1 Å². The Bertz CT molecular complexity index is 1250. The van der Waals surface area contributed by atoms with Crippen molar-refractivity contribution >= 4 is 5.57 Å². The van der Waals surface area contributed by atoms with E-state index in [2.05, 4.69) is 4.74 Å². The van der Waals surface area contributed by atoms with Gasteiger partial charge in [0.05, 0.1) is 0 Å². The molecule has 8 heteroatoms. The fraction of sp³-hybridized carbons (Fsp3) is 0.154. The average molecular weight is 480 g/mol. The number of hydrogen-bond donors (Lipinski definition) is 0. The lowest BCUT2D eigenvalue weighted by Gasteiger charge is -2.20. The van der Waals surface area contributed by atoms with Crippen LogP contribution in [-0.4, -0.2) is 0 Å². The predicted molar refractivity (Wildman–Crippen MR) is 116 cm³/mol. The van der Waals surface area contributed by atoms with Crippen LogP contribution in [-0.2, 0) is 6.11 Å². The Morgan fingerprint density at radius 2 is 1.38 bits per heavy atom. The van der Waals surface area contributed by atoms with Crippen LogP contribution in [0.5, 0.6) is 5.75 Å². The molecule has 0 heterocycles. The molecule has 3 rings (SSSR count). The standard InChI is InChI=1S/C26H19F7O/c1-4-6-15(5-2)16-7-8-19(22(29)9-16)17-10-23(30)25(24(31)11-17)26(32,33)34-18-12-20(27)14(3)21(28)13-18/h4-13H,1-3H3/b6-4-,15-5+. The fourth-order valence-electron chi connectivity index (χ4n) is 3.35. The van der Waals surface area contributed by atoms with Gasteiger partial charge in [-0.3, -0.25) is 0 Å². The van der Waals surface area contributed by atoms with Crippen molar-refractivity contribution in [1.29, 1.82) is 0 Å². The highest BCUT2D eigenvalue weighted by Crippen LogP contribution is 2.38. The van der Waals surface area contributed by atoms with E-state index >= 15 is 0 Å². The Balaban J connectivity index is 1.99. The third kappa shape index (κ3) is 5.00. The van der Waals surface area contributed by atoms with Crippen LogP contribution in [0.1, 0.15) is 30.5 Å². The van der Waals surface area contributed by atoms with E-state index in [0.29, 0.717) is 35.4 Å². The molecule has 1 nitrogen and oxygen atoms in total. The van der Waals surface area contributed by atoms with Crippen molar-refractivity contribution in [3.63, 3.8) is 0 Å². The molecular weight excluding hydrogens is 461 g/mol. The monoisotopic (exact) mass is 480 g/mol. The van der Waals surface area contributed by atoms with Gasteiger partial charge in [-0.1, -0.05) is 30.4 Å². The van der Waals surface area contributed by atoms with Gasteiger partial charge >= 0.3 is 6.11 Å². The maximum atomic E-state index is 14.7. The largest absolute Gasteiger partial charge is 0.432 e. The van der Waals surface area contributed by atoms with Gasteiger partial charge in [0.1, 0.15) is 40.4 Å². The van der Waals surface area contributed by atoms with Gasteiger partial charge in [0.25, 0.3) is 0 Å². The molecule has 0 aliphatic carbocycles. The molecule has 0 aromatic heterocycles. The molecular formula is C26H19F7O. The van der Waals surface area contributed by atoms with Crippen LogP contribution < -0.4 is 4.74 Å². The summed E-state index contributed by atoms with van der Waals surface area (Å²) in [5.74, 6) is -7.57. The Kier molecular flexibility index (Phi) is 7.19. The van der Waals surface area contributed by atoms with Gasteiger partial charge in [-0.25, -0.2) is 22.0 Å². The minimum atomic E-state index is -4.61. The number of allylic oxidation sites excluding steroid dienone is 4. The summed E-state index contributed by atoms with van der Waals surface area (Å²) < 4.78 is 105. The summed E-state index contributed by atoms with van der Waals surface area (Å²) >= 11 is 0. The number of benzene rings is 3. The maximum absolute atomic E-state index is 14.7. The third-order valence-electron chi connectivity index (χ3n) is 5.10. The van der Waals surface area contributed by atoms with Crippen molar-refractivity contribution in [1.82, 2.24) is 0 Å². The molecule has 0 unspecified atom stereocenters. The SMILES string of the molecule is C/C=C\C(=C/C)c1ccc(-c2cc(F)c(C(F)(F)Oc3cc(F)c(C)c(F)c3)c(F)c2)c(F)c1. The van der Waals surface area contributed by atoms with Crippen LogP contribution >= 0.6 is 0 Å². The van der Waals surface area contributed by atoms with Crippen molar-refractivity contribution in [2.45, 2.75) is 26.9 Å². The quantitative estimate of drug-likeness (QED) is 0.254. The number of ether oxygens (including phenoxy) is 1. The van der Waals surface area contributed by atoms with Crippen LogP contribution in [0.4, 0.5) is 30.7 Å². The summed E-state index contributed by atoms with van der Waals surface area (Å²) in [6, 6.07) is 5.97. The number of halogens is 7. The summed E-state index contributed by atoms with van der Waals surface area (Å²) in [5.41, 5.74) is -1.52. The highest BCUT2D eigenvalue weighted by Gasteiger charge is 2.41. The molecule has 0 saturated heterocycles. The van der Waals surface area contributed by atoms with Gasteiger partial charge in [-0.05, 0) is 55.7 Å². The second-order valence-electron chi connectivity index (χ2n) is 7.38. The molecule has 3 aromatic rings. The zero-order valence-corrected chi connectivity index (χ0v) is 18.3. The van der Waals surface area contributed by atoms with Gasteiger partial charge in [-0.2, -0.15) is 8.78 Å². The van der Waals surface area contributed by atoms with Crippen molar-refractivity contribution in [2.24, 2.45) is 0 Å². The second-order valence-corrected chi connectivity index (χ2v) is 7.38. The Hall–Kier alpha value is -3.55. The predicted octanol–water partition coefficient (Wildman–Crippen LogP) is 8.47. The summed E-state index contributed by atoms with van der Waals surface area (Å²) in [7, 11) is 0. The smallest absolute Gasteiger partial charge is 0.429 e. The van der Waals surface area contributed by atoms with Gasteiger partial charge < -0.3 is 4.74 Å². The number of rotatable bonds is 6. The van der Waals surface area contributed by atoms with Crippen LogP contribution in [0, 0.1) is 36.0 Å². The summed E-state index contributed by atoms with van der Waals surface area (Å²) in [6.07, 6.45) is 0.635. The second kappa shape index (κ2) is 9.75. The highest BCUT2D eigenvalue weighted by molar-refractivity contribution is 5.76. The summed E-state index contributed by atoms with van der Waals surface area (Å²) in [4.78, 5) is 0. The van der Waals surface area contributed by atoms with Gasteiger partial charge in [-0.15, -0.1) is 0 Å². The Morgan fingerprint density at radius 3 is 1.88 bits per heavy atom. The minimum Gasteiger partial charge on any atom is -0.429 e. The van der Waals surface area contributed by atoms with Crippen molar-refractivity contribution in [3.8, 4) is 16.9 Å². The average Bonchev–Trinajstić information content (AvgIpc) is 2.74. The van der Waals surface area contributed by atoms with Crippen LogP contribution in [0.25, 0.3) is 16.7 Å². The van der Waals surface area contributed by atoms with Crippen LogP contribution in [0.3, 0.4) is 0 Å². The molecule has 178 valence electrons. The lowest BCUT2D eigenvalue weighted by molar-refractivity contribution is -0.189. The number of hydrogen-bond acceptors (Lipinski definition) is 1. The van der Waals surface area contributed by atoms with Crippen molar-refractivity contribution < 1.29 is 35.5 Å². The molecule has 0 atom stereocenters. The van der Waals surface area contributed by atoms with E-state index in [-0.39, 0.29) is 11.1 Å². The first kappa shape index (κ1) is 25.1. The third-order valence-corrected chi connectivity index (χ3v) is 5.10. The zero-order valence-electron chi connectivity index (χ0n) is 18.3. The molecule has 0 amide bonds. The molecule has 0 spiro atoms. The van der Waals surface area contributed by atoms with E-state index in [9.17, 15) is 30.7 Å². The van der Waals surface area contributed by atoms with Crippen molar-refractivity contribution in [2.75, 3.05) is 0 Å². The first-order valence-corrected chi connectivity index (χ1v) is 10.1. The molecule has 0 N–H and O–H groups in total. The Labute approximate surface area is 191 Å². The molecule has 34 heavy (non-hydrogen) atoms. The summed E-state index contributed by atoms with van der Waals surface area (Å²) in [5, 5.41) is 0. The molecule has 0 bridgehead atoms. The Morgan fingerprint density at radius 1 is 0.794 bits per heavy atom. The van der Waals surface area contributed by atoms with E-state index in [1.165, 1.54) is 12.1 Å². The minimum absolute atomic E-state index is 0.212.